The molecule has 0 fully saturated rings. The zero-order valence-corrected chi connectivity index (χ0v) is 6.78. The van der Waals surface area contributed by atoms with Gasteiger partial charge in [-0.2, -0.15) is 0 Å². The Hall–Kier alpha value is 0. The summed E-state index contributed by atoms with van der Waals surface area (Å²) in [5.41, 5.74) is 0.522. The lowest BCUT2D eigenvalue weighted by molar-refractivity contribution is 0.320. The Bertz CT molecular complexity index is 59.5. The molecule has 0 saturated carbocycles. The van der Waals surface area contributed by atoms with Gasteiger partial charge in [-0.1, -0.05) is 34.6 Å². The van der Waals surface area contributed by atoms with E-state index in [-0.39, 0.29) is 1.43 Å². The smallest absolute Gasteiger partial charge is 0.0628 e. The molecule has 0 aromatic carbocycles. The topological polar surface area (TPSA) is 0 Å². The van der Waals surface area contributed by atoms with Gasteiger partial charge in [-0.3, -0.25) is 0 Å². The van der Waals surface area contributed by atoms with E-state index in [0.29, 0.717) is 5.41 Å². The van der Waals surface area contributed by atoms with Crippen LogP contribution in [0.2, 0.25) is 0 Å². The highest BCUT2D eigenvalue weighted by Gasteiger charge is 2.11. The van der Waals surface area contributed by atoms with Gasteiger partial charge in [-0.05, 0) is 17.8 Å². The highest BCUT2D eigenvalue weighted by Crippen LogP contribution is 2.23. The molecule has 50 valence electrons. The monoisotopic (exact) mass is 115 g/mol. The van der Waals surface area contributed by atoms with Crippen LogP contribution in [0.15, 0.2) is 0 Å². The lowest BCUT2D eigenvalue weighted by Crippen LogP contribution is -2.08. The fourth-order valence-corrected chi connectivity index (χ4v) is 1.22. The third-order valence-corrected chi connectivity index (χ3v) is 1.02. The SMILES string of the molecule is CC(C)CC(C)(C)C.[H+]. The molecule has 0 spiro atoms. The molecule has 0 aromatic rings. The first kappa shape index (κ1) is 8.00. The molecule has 8 heavy (non-hydrogen) atoms. The number of hydrogen-bond acceptors (Lipinski definition) is 0. The van der Waals surface area contributed by atoms with E-state index in [0.717, 1.165) is 5.92 Å². The summed E-state index contributed by atoms with van der Waals surface area (Å²) in [6, 6.07) is 0. The molecule has 0 aromatic heterocycles. The second-order valence-electron chi connectivity index (χ2n) is 4.16. The van der Waals surface area contributed by atoms with E-state index in [9.17, 15) is 0 Å². The van der Waals surface area contributed by atoms with Crippen LogP contribution in [-0.4, -0.2) is 0 Å². The molecule has 0 bridgehead atoms. The van der Waals surface area contributed by atoms with Crippen molar-refractivity contribution in [3.63, 3.8) is 0 Å². The van der Waals surface area contributed by atoms with Crippen LogP contribution in [0.5, 0.6) is 0 Å². The summed E-state index contributed by atoms with van der Waals surface area (Å²) in [4.78, 5) is 0. The van der Waals surface area contributed by atoms with Crippen molar-refractivity contribution >= 4 is 0 Å². The van der Waals surface area contributed by atoms with E-state index in [1.165, 1.54) is 6.42 Å². The van der Waals surface area contributed by atoms with E-state index in [1.54, 1.807) is 0 Å². The average molecular weight is 115 g/mol. The fraction of sp³-hybridized carbons (Fsp3) is 1.00. The molecule has 0 aliphatic carbocycles. The highest BCUT2D eigenvalue weighted by molar-refractivity contribution is 4.62. The molecular weight excluding hydrogens is 96.1 g/mol. The predicted molar refractivity (Wildman–Crippen MR) is 40.0 cm³/mol. The molecule has 0 heteroatoms. The van der Waals surface area contributed by atoms with Crippen LogP contribution in [0, 0.1) is 11.3 Å². The zero-order valence-electron chi connectivity index (χ0n) is 7.78. The van der Waals surface area contributed by atoms with Gasteiger partial charge in [0.05, 0.1) is 0 Å². The van der Waals surface area contributed by atoms with Crippen molar-refractivity contribution in [3.8, 4) is 0 Å². The maximum atomic E-state index is 2.28. The van der Waals surface area contributed by atoms with Crippen LogP contribution < -0.4 is 0 Å². The number of hydrogen-bond donors (Lipinski definition) is 0. The van der Waals surface area contributed by atoms with Crippen molar-refractivity contribution in [3.05, 3.63) is 0 Å². The largest absolute Gasteiger partial charge is 1.00 e. The van der Waals surface area contributed by atoms with Crippen molar-refractivity contribution in [1.82, 2.24) is 0 Å². The summed E-state index contributed by atoms with van der Waals surface area (Å²) in [7, 11) is 0. The summed E-state index contributed by atoms with van der Waals surface area (Å²) in [5, 5.41) is 0. The van der Waals surface area contributed by atoms with E-state index >= 15 is 0 Å². The van der Waals surface area contributed by atoms with E-state index < -0.39 is 0 Å². The van der Waals surface area contributed by atoms with Gasteiger partial charge in [0.15, 0.2) is 0 Å². The maximum Gasteiger partial charge on any atom is 1.00 e. The minimum Gasteiger partial charge on any atom is -0.0628 e. The standard InChI is InChI=1S/C8H18/c1-7(2)6-8(3,4)5/h7H,6H2,1-5H3/p+1. The molecule has 0 radical (unpaired) electrons. The van der Waals surface area contributed by atoms with Crippen LogP contribution in [0.4, 0.5) is 0 Å². The van der Waals surface area contributed by atoms with Crippen molar-refractivity contribution < 1.29 is 1.43 Å². The summed E-state index contributed by atoms with van der Waals surface area (Å²) < 4.78 is 0. The normalized spacial score (nSPS) is 12.8. The van der Waals surface area contributed by atoms with Gasteiger partial charge in [-0.15, -0.1) is 0 Å². The highest BCUT2D eigenvalue weighted by atomic mass is 14.2. The minimum absolute atomic E-state index is 0. The Morgan fingerprint density at radius 3 is 1.62 bits per heavy atom. The summed E-state index contributed by atoms with van der Waals surface area (Å²) in [5.74, 6) is 0.843. The van der Waals surface area contributed by atoms with Gasteiger partial charge in [-0.25, -0.2) is 0 Å². The van der Waals surface area contributed by atoms with E-state index in [2.05, 4.69) is 34.6 Å². The van der Waals surface area contributed by atoms with Crippen LogP contribution in [-0.2, 0) is 0 Å². The predicted octanol–water partition coefficient (Wildman–Crippen LogP) is 3.19. The Balaban J connectivity index is 0. The lowest BCUT2D eigenvalue weighted by atomic mass is 9.86. The van der Waals surface area contributed by atoms with Gasteiger partial charge in [0, 0.05) is 0 Å². The third kappa shape index (κ3) is 6.00. The molecular formula is C8H19+. The van der Waals surface area contributed by atoms with Crippen molar-refractivity contribution in [2.45, 2.75) is 41.0 Å². The molecule has 0 aliphatic rings. The summed E-state index contributed by atoms with van der Waals surface area (Å²) in [6.45, 7) is 11.4. The van der Waals surface area contributed by atoms with Crippen LogP contribution in [0.25, 0.3) is 0 Å². The molecule has 0 nitrogen and oxygen atoms in total. The third-order valence-electron chi connectivity index (χ3n) is 1.02. The van der Waals surface area contributed by atoms with Gasteiger partial charge in [0.25, 0.3) is 0 Å². The summed E-state index contributed by atoms with van der Waals surface area (Å²) >= 11 is 0. The van der Waals surface area contributed by atoms with Crippen LogP contribution >= 0.6 is 0 Å². The molecule has 0 saturated heterocycles. The first-order valence-electron chi connectivity index (χ1n) is 3.42. The molecule has 0 N–H and O–H groups in total. The Labute approximate surface area is 54.8 Å². The van der Waals surface area contributed by atoms with Crippen molar-refractivity contribution in [2.24, 2.45) is 11.3 Å². The minimum atomic E-state index is 0. The van der Waals surface area contributed by atoms with Crippen LogP contribution in [0.3, 0.4) is 0 Å². The first-order chi connectivity index (χ1) is 3.42. The van der Waals surface area contributed by atoms with E-state index in [4.69, 9.17) is 0 Å². The van der Waals surface area contributed by atoms with Gasteiger partial charge >= 0.3 is 1.43 Å². The van der Waals surface area contributed by atoms with Gasteiger partial charge in [0.2, 0.25) is 0 Å². The fourth-order valence-electron chi connectivity index (χ4n) is 1.22. The van der Waals surface area contributed by atoms with Crippen LogP contribution in [0.1, 0.15) is 42.5 Å². The second kappa shape index (κ2) is 2.52. The Morgan fingerprint density at radius 2 is 1.62 bits per heavy atom. The molecule has 0 aliphatic heterocycles. The lowest BCUT2D eigenvalue weighted by Gasteiger charge is -2.19. The molecule has 0 unspecified atom stereocenters. The van der Waals surface area contributed by atoms with Gasteiger partial charge in [0.1, 0.15) is 0 Å². The quantitative estimate of drug-likeness (QED) is 0.492. The van der Waals surface area contributed by atoms with E-state index in [1.807, 2.05) is 0 Å². The van der Waals surface area contributed by atoms with Crippen molar-refractivity contribution in [2.75, 3.05) is 0 Å². The number of rotatable bonds is 1. The molecule has 0 amide bonds. The van der Waals surface area contributed by atoms with Crippen molar-refractivity contribution in [1.29, 1.82) is 0 Å². The average Bonchev–Trinajstić information content (AvgIpc) is 1.21. The molecule has 0 atom stereocenters. The molecule has 0 heterocycles. The molecule has 0 rings (SSSR count). The maximum absolute atomic E-state index is 2.28. The Morgan fingerprint density at radius 1 is 1.25 bits per heavy atom. The zero-order chi connectivity index (χ0) is 6.78. The van der Waals surface area contributed by atoms with Gasteiger partial charge < -0.3 is 0 Å². The Kier molecular flexibility index (Phi) is 2.52. The second-order valence-corrected chi connectivity index (χ2v) is 4.16. The summed E-state index contributed by atoms with van der Waals surface area (Å²) in [6.07, 6.45) is 1.33. The first-order valence-corrected chi connectivity index (χ1v) is 3.42.